The molecule has 8 nitrogen and oxygen atoms in total. The lowest BCUT2D eigenvalue weighted by Gasteiger charge is -2.19. The number of guanidine groups is 1. The van der Waals surface area contributed by atoms with E-state index in [0.717, 1.165) is 4.90 Å². The Morgan fingerprint density at radius 3 is 2.52 bits per heavy atom. The molecule has 0 heterocycles. The largest absolute Gasteiger partial charge is 0.494 e. The number of methoxy groups -OCH3 is 1. The van der Waals surface area contributed by atoms with Gasteiger partial charge in [0, 0.05) is 12.7 Å². The molecular formula is C17H22N4O4. The number of carbonyl (C=O) groups is 2. The maximum Gasteiger partial charge on any atom is 0.416 e. The van der Waals surface area contributed by atoms with Gasteiger partial charge in [-0.05, 0) is 38.1 Å². The number of aliphatic imine (C=N–C) groups is 1. The Hall–Kier alpha value is -3.21. The lowest BCUT2D eigenvalue weighted by molar-refractivity contribution is 0.151. The van der Waals surface area contributed by atoms with Gasteiger partial charge in [-0.1, -0.05) is 5.92 Å². The Morgan fingerprint density at radius 1 is 1.36 bits per heavy atom. The summed E-state index contributed by atoms with van der Waals surface area (Å²) >= 11 is 0. The monoisotopic (exact) mass is 346 g/mol. The second kappa shape index (κ2) is 9.82. The Morgan fingerprint density at radius 2 is 2.00 bits per heavy atom. The number of terminal acetylenes is 1. The highest BCUT2D eigenvalue weighted by Gasteiger charge is 2.18. The number of hydrogen-bond donors (Lipinski definition) is 2. The fourth-order valence-electron chi connectivity index (χ4n) is 1.71. The van der Waals surface area contributed by atoms with E-state index in [1.165, 1.54) is 14.2 Å². The molecule has 3 amide bonds. The van der Waals surface area contributed by atoms with E-state index in [0.29, 0.717) is 18.0 Å². The molecule has 0 aliphatic heterocycles. The van der Waals surface area contributed by atoms with Crippen molar-refractivity contribution in [1.29, 1.82) is 0 Å². The number of amides is 3. The van der Waals surface area contributed by atoms with Gasteiger partial charge in [-0.15, -0.1) is 6.42 Å². The summed E-state index contributed by atoms with van der Waals surface area (Å²) in [5, 5.41) is 5.11. The zero-order chi connectivity index (χ0) is 18.8. The van der Waals surface area contributed by atoms with Gasteiger partial charge in [0.15, 0.2) is 0 Å². The van der Waals surface area contributed by atoms with Crippen molar-refractivity contribution in [2.75, 3.05) is 26.1 Å². The lowest BCUT2D eigenvalue weighted by Crippen LogP contribution is -2.47. The molecule has 8 heteroatoms. The summed E-state index contributed by atoms with van der Waals surface area (Å²) in [6.07, 6.45) is 4.60. The minimum atomic E-state index is -0.690. The van der Waals surface area contributed by atoms with Crippen LogP contribution in [0.2, 0.25) is 0 Å². The van der Waals surface area contributed by atoms with Gasteiger partial charge in [0.1, 0.15) is 11.8 Å². The molecule has 0 spiro atoms. The zero-order valence-corrected chi connectivity index (χ0v) is 14.7. The number of ether oxygens (including phenoxy) is 2. The molecular weight excluding hydrogens is 324 g/mol. The first-order chi connectivity index (χ1) is 11.9. The number of carbonyl (C=O) groups excluding carboxylic acids is 2. The van der Waals surface area contributed by atoms with E-state index in [2.05, 4.69) is 26.3 Å². The SMILES string of the molecule is C#CC(C)N=C(NC(=O)Nc1ccc(OCC)cc1)N(C)C(=O)OC. The molecule has 0 fully saturated rings. The van der Waals surface area contributed by atoms with Crippen molar-refractivity contribution in [1.82, 2.24) is 10.2 Å². The molecule has 0 radical (unpaired) electrons. The van der Waals surface area contributed by atoms with Crippen molar-refractivity contribution in [3.8, 4) is 18.1 Å². The van der Waals surface area contributed by atoms with Crippen molar-refractivity contribution in [2.24, 2.45) is 4.99 Å². The number of anilines is 1. The summed E-state index contributed by atoms with van der Waals surface area (Å²) in [6, 6.07) is 5.73. The molecule has 0 aliphatic carbocycles. The average Bonchev–Trinajstić information content (AvgIpc) is 2.61. The van der Waals surface area contributed by atoms with Gasteiger partial charge in [0.2, 0.25) is 5.96 Å². The minimum Gasteiger partial charge on any atom is -0.494 e. The maximum atomic E-state index is 12.2. The smallest absolute Gasteiger partial charge is 0.416 e. The topological polar surface area (TPSA) is 92.3 Å². The third kappa shape index (κ3) is 6.43. The van der Waals surface area contributed by atoms with E-state index in [1.54, 1.807) is 31.2 Å². The predicted molar refractivity (Wildman–Crippen MR) is 95.7 cm³/mol. The molecule has 1 aromatic rings. The van der Waals surface area contributed by atoms with Gasteiger partial charge in [-0.2, -0.15) is 0 Å². The standard InChI is InChI=1S/C17H22N4O4/c1-6-12(3)18-15(21(4)17(23)24-5)20-16(22)19-13-8-10-14(11-9-13)25-7-2/h1,8-12H,7H2,2-5H3,(H2,18,19,20,22). The first kappa shape index (κ1) is 19.8. The van der Waals surface area contributed by atoms with Gasteiger partial charge in [0.25, 0.3) is 0 Å². The van der Waals surface area contributed by atoms with Gasteiger partial charge < -0.3 is 14.8 Å². The third-order valence-electron chi connectivity index (χ3n) is 2.97. The Kier molecular flexibility index (Phi) is 7.79. The summed E-state index contributed by atoms with van der Waals surface area (Å²) in [5.74, 6) is 3.07. The van der Waals surface area contributed by atoms with Crippen LogP contribution in [0.4, 0.5) is 15.3 Å². The molecule has 1 unspecified atom stereocenters. The van der Waals surface area contributed by atoms with E-state index in [1.807, 2.05) is 6.92 Å². The second-order valence-corrected chi connectivity index (χ2v) is 4.86. The molecule has 0 saturated carbocycles. The van der Waals surface area contributed by atoms with E-state index >= 15 is 0 Å². The molecule has 1 atom stereocenters. The van der Waals surface area contributed by atoms with E-state index in [9.17, 15) is 9.59 Å². The summed E-state index contributed by atoms with van der Waals surface area (Å²) < 4.78 is 9.95. The summed E-state index contributed by atoms with van der Waals surface area (Å²) in [6.45, 7) is 4.09. The molecule has 0 saturated heterocycles. The van der Waals surface area contributed by atoms with Crippen LogP contribution in [-0.2, 0) is 4.74 Å². The first-order valence-corrected chi connectivity index (χ1v) is 7.57. The molecule has 134 valence electrons. The van der Waals surface area contributed by atoms with Gasteiger partial charge in [-0.25, -0.2) is 14.6 Å². The van der Waals surface area contributed by atoms with Crippen molar-refractivity contribution >= 4 is 23.8 Å². The maximum absolute atomic E-state index is 12.2. The molecule has 0 aliphatic rings. The highest BCUT2D eigenvalue weighted by Crippen LogP contribution is 2.15. The predicted octanol–water partition coefficient (Wildman–Crippen LogP) is 2.28. The number of nitrogens with zero attached hydrogens (tertiary/aromatic N) is 2. The number of nitrogens with one attached hydrogen (secondary N) is 2. The van der Waals surface area contributed by atoms with Crippen LogP contribution in [0.15, 0.2) is 29.3 Å². The summed E-state index contributed by atoms with van der Waals surface area (Å²) in [4.78, 5) is 28.9. The van der Waals surface area contributed by atoms with Crippen LogP contribution in [-0.4, -0.2) is 49.8 Å². The molecule has 0 aromatic heterocycles. The molecule has 0 bridgehead atoms. The van der Waals surface area contributed by atoms with Crippen molar-refractivity contribution in [3.63, 3.8) is 0 Å². The molecule has 1 rings (SSSR count). The number of hydrogen-bond acceptors (Lipinski definition) is 5. The Labute approximate surface area is 147 Å². The number of urea groups is 1. The van der Waals surface area contributed by atoms with Crippen molar-refractivity contribution < 1.29 is 19.1 Å². The van der Waals surface area contributed by atoms with E-state index in [-0.39, 0.29) is 5.96 Å². The van der Waals surface area contributed by atoms with Crippen molar-refractivity contribution in [3.05, 3.63) is 24.3 Å². The Bertz CT molecular complexity index is 664. The highest BCUT2D eigenvalue weighted by molar-refractivity contribution is 6.06. The van der Waals surface area contributed by atoms with Crippen LogP contribution < -0.4 is 15.4 Å². The number of rotatable bonds is 4. The average molecular weight is 346 g/mol. The Balaban J connectivity index is 2.82. The van der Waals surface area contributed by atoms with Gasteiger partial charge in [0.05, 0.1) is 13.7 Å². The van der Waals surface area contributed by atoms with Crippen LogP contribution in [0.3, 0.4) is 0 Å². The van der Waals surface area contributed by atoms with E-state index < -0.39 is 18.2 Å². The fourth-order valence-corrected chi connectivity index (χ4v) is 1.71. The summed E-state index contributed by atoms with van der Waals surface area (Å²) in [7, 11) is 2.63. The van der Waals surface area contributed by atoms with Gasteiger partial charge >= 0.3 is 12.1 Å². The number of benzene rings is 1. The van der Waals surface area contributed by atoms with Crippen LogP contribution in [0.5, 0.6) is 5.75 Å². The molecule has 25 heavy (non-hydrogen) atoms. The second-order valence-electron chi connectivity index (χ2n) is 4.86. The van der Waals surface area contributed by atoms with E-state index in [4.69, 9.17) is 11.2 Å². The van der Waals surface area contributed by atoms with Crippen molar-refractivity contribution in [2.45, 2.75) is 19.9 Å². The normalized spacial score (nSPS) is 11.7. The van der Waals surface area contributed by atoms with Crippen LogP contribution in [0.25, 0.3) is 0 Å². The third-order valence-corrected chi connectivity index (χ3v) is 2.97. The fraction of sp³-hybridized carbons (Fsp3) is 0.353. The minimum absolute atomic E-state index is 0.0271. The summed E-state index contributed by atoms with van der Waals surface area (Å²) in [5.41, 5.74) is 0.547. The van der Waals surface area contributed by atoms with Gasteiger partial charge in [-0.3, -0.25) is 10.2 Å². The first-order valence-electron chi connectivity index (χ1n) is 7.57. The highest BCUT2D eigenvalue weighted by atomic mass is 16.5. The molecule has 2 N–H and O–H groups in total. The van der Waals surface area contributed by atoms with Crippen LogP contribution in [0, 0.1) is 12.3 Å². The lowest BCUT2D eigenvalue weighted by atomic mass is 10.3. The van der Waals surface area contributed by atoms with Crippen LogP contribution in [0.1, 0.15) is 13.8 Å². The quantitative estimate of drug-likeness (QED) is 0.497. The van der Waals surface area contributed by atoms with Crippen LogP contribution >= 0.6 is 0 Å². The zero-order valence-electron chi connectivity index (χ0n) is 14.7. The molecule has 1 aromatic carbocycles.